The minimum Gasteiger partial charge on any atom is -0.481 e. The van der Waals surface area contributed by atoms with Gasteiger partial charge in [0.25, 0.3) is 0 Å². The first-order chi connectivity index (χ1) is 10.6. The van der Waals surface area contributed by atoms with Crippen LogP contribution in [0.1, 0.15) is 5.69 Å². The number of aromatic nitrogens is 1. The van der Waals surface area contributed by atoms with Crippen LogP contribution in [0.5, 0.6) is 11.6 Å². The van der Waals surface area contributed by atoms with Crippen molar-refractivity contribution >= 4 is 0 Å². The van der Waals surface area contributed by atoms with Gasteiger partial charge in [-0.2, -0.15) is 13.2 Å². The summed E-state index contributed by atoms with van der Waals surface area (Å²) in [6.45, 7) is 0. The van der Waals surface area contributed by atoms with Crippen LogP contribution in [0.4, 0.5) is 26.3 Å². The maximum absolute atomic E-state index is 12.8. The van der Waals surface area contributed by atoms with Crippen molar-refractivity contribution in [3.63, 3.8) is 0 Å². The van der Waals surface area contributed by atoms with Crippen molar-refractivity contribution in [1.29, 1.82) is 0 Å². The zero-order valence-electron chi connectivity index (χ0n) is 11.5. The van der Waals surface area contributed by atoms with Gasteiger partial charge in [-0.25, -0.2) is 4.98 Å². The molecule has 1 aromatic carbocycles. The van der Waals surface area contributed by atoms with Gasteiger partial charge in [-0.05, 0) is 29.3 Å². The van der Waals surface area contributed by atoms with Crippen molar-refractivity contribution in [1.82, 2.24) is 4.98 Å². The predicted molar refractivity (Wildman–Crippen MR) is 67.9 cm³/mol. The lowest BCUT2D eigenvalue weighted by Gasteiger charge is -2.12. The smallest absolute Gasteiger partial charge is 0.481 e. The van der Waals surface area contributed by atoms with Gasteiger partial charge in [0.1, 0.15) is 11.4 Å². The summed E-state index contributed by atoms with van der Waals surface area (Å²) >= 11 is 0. The second kappa shape index (κ2) is 5.98. The molecule has 3 nitrogen and oxygen atoms in total. The van der Waals surface area contributed by atoms with Crippen molar-refractivity contribution in [2.24, 2.45) is 0 Å². The molecule has 0 aliphatic heterocycles. The van der Waals surface area contributed by atoms with E-state index in [1.165, 1.54) is 18.2 Å². The summed E-state index contributed by atoms with van der Waals surface area (Å²) in [6.07, 6.45) is -9.52. The molecule has 0 N–H and O–H groups in total. The van der Waals surface area contributed by atoms with Gasteiger partial charge in [0, 0.05) is 6.07 Å². The van der Waals surface area contributed by atoms with Crippen molar-refractivity contribution in [3.05, 3.63) is 42.1 Å². The van der Waals surface area contributed by atoms with Gasteiger partial charge in [0.2, 0.25) is 5.88 Å². The van der Waals surface area contributed by atoms with Crippen molar-refractivity contribution in [3.8, 4) is 22.8 Å². The molecule has 9 heteroatoms. The zero-order valence-corrected chi connectivity index (χ0v) is 11.5. The monoisotopic (exact) mass is 337 g/mol. The van der Waals surface area contributed by atoms with Gasteiger partial charge in [-0.3, -0.25) is 0 Å². The van der Waals surface area contributed by atoms with E-state index in [1.54, 1.807) is 0 Å². The van der Waals surface area contributed by atoms with E-state index in [-0.39, 0.29) is 17.0 Å². The molecule has 0 aliphatic rings. The summed E-state index contributed by atoms with van der Waals surface area (Å²) in [4.78, 5) is 3.29. The van der Waals surface area contributed by atoms with E-state index in [9.17, 15) is 26.3 Å². The Bertz CT molecular complexity index is 679. The maximum Gasteiger partial charge on any atom is 0.573 e. The Balaban J connectivity index is 2.38. The lowest BCUT2D eigenvalue weighted by Crippen LogP contribution is -2.16. The average Bonchev–Trinajstić information content (AvgIpc) is 2.45. The Morgan fingerprint density at radius 2 is 1.48 bits per heavy atom. The molecule has 124 valence electrons. The van der Waals surface area contributed by atoms with E-state index in [0.29, 0.717) is 0 Å². The molecule has 1 aromatic heterocycles. The van der Waals surface area contributed by atoms with Gasteiger partial charge >= 0.3 is 12.5 Å². The highest BCUT2D eigenvalue weighted by Crippen LogP contribution is 2.34. The molecule has 2 aromatic rings. The molecule has 23 heavy (non-hydrogen) atoms. The summed E-state index contributed by atoms with van der Waals surface area (Å²) < 4.78 is 83.0. The summed E-state index contributed by atoms with van der Waals surface area (Å²) in [5, 5.41) is 0. The molecule has 0 saturated heterocycles. The lowest BCUT2D eigenvalue weighted by atomic mass is 10.1. The second-order valence-electron chi connectivity index (χ2n) is 4.35. The highest BCUT2D eigenvalue weighted by Gasteiger charge is 2.34. The molecule has 0 aliphatic carbocycles. The van der Waals surface area contributed by atoms with Crippen LogP contribution in [0.2, 0.25) is 0 Å². The molecule has 0 radical (unpaired) electrons. The number of alkyl halides is 6. The Morgan fingerprint density at radius 3 is 1.96 bits per heavy atom. The Kier molecular flexibility index (Phi) is 4.39. The first-order valence-corrected chi connectivity index (χ1v) is 6.08. The summed E-state index contributed by atoms with van der Waals surface area (Å²) in [7, 11) is 1.16. The van der Waals surface area contributed by atoms with Gasteiger partial charge < -0.3 is 9.47 Å². The number of hydrogen-bond donors (Lipinski definition) is 0. The fraction of sp³-hybridized carbons (Fsp3) is 0.214. The quantitative estimate of drug-likeness (QED) is 0.763. The predicted octanol–water partition coefficient (Wildman–Crippen LogP) is 4.67. The van der Waals surface area contributed by atoms with E-state index < -0.39 is 24.0 Å². The highest BCUT2D eigenvalue weighted by atomic mass is 19.4. The lowest BCUT2D eigenvalue weighted by molar-refractivity contribution is -0.274. The Labute approximate surface area is 126 Å². The number of rotatable bonds is 3. The first-order valence-electron chi connectivity index (χ1n) is 6.08. The van der Waals surface area contributed by atoms with Crippen LogP contribution >= 0.6 is 0 Å². The van der Waals surface area contributed by atoms with E-state index >= 15 is 0 Å². The normalized spacial score (nSPS) is 12.1. The summed E-state index contributed by atoms with van der Waals surface area (Å²) in [6, 6.07) is 6.44. The molecule has 0 fully saturated rings. The van der Waals surface area contributed by atoms with Crippen LogP contribution in [-0.4, -0.2) is 18.5 Å². The number of methoxy groups -OCH3 is 1. The number of hydrogen-bond acceptors (Lipinski definition) is 3. The van der Waals surface area contributed by atoms with E-state index in [1.807, 2.05) is 0 Å². The van der Waals surface area contributed by atoms with Crippen LogP contribution in [0.3, 0.4) is 0 Å². The third kappa shape index (κ3) is 4.51. The third-order valence-electron chi connectivity index (χ3n) is 2.72. The molecular weight excluding hydrogens is 328 g/mol. The average molecular weight is 337 g/mol. The summed E-state index contributed by atoms with van der Waals surface area (Å²) in [5.74, 6) is -0.733. The van der Waals surface area contributed by atoms with Crippen LogP contribution in [0, 0.1) is 0 Å². The zero-order chi connectivity index (χ0) is 17.3. The molecule has 0 saturated carbocycles. The number of pyridine rings is 1. The summed E-state index contributed by atoms with van der Waals surface area (Å²) in [5.41, 5.74) is -0.809. The van der Waals surface area contributed by atoms with Crippen molar-refractivity contribution in [2.75, 3.05) is 7.11 Å². The van der Waals surface area contributed by atoms with Gasteiger partial charge in [0.15, 0.2) is 0 Å². The maximum atomic E-state index is 12.8. The molecule has 2 rings (SSSR count). The third-order valence-corrected chi connectivity index (χ3v) is 2.72. The van der Waals surface area contributed by atoms with Crippen molar-refractivity contribution < 1.29 is 35.8 Å². The fourth-order valence-corrected chi connectivity index (χ4v) is 1.77. The van der Waals surface area contributed by atoms with Gasteiger partial charge in [0.05, 0.1) is 7.11 Å². The van der Waals surface area contributed by atoms with Crippen LogP contribution in [0.25, 0.3) is 11.1 Å². The molecule has 0 atom stereocenters. The molecule has 0 spiro atoms. The molecule has 0 unspecified atom stereocenters. The van der Waals surface area contributed by atoms with Gasteiger partial charge in [-0.15, -0.1) is 13.2 Å². The molecule has 1 heterocycles. The highest BCUT2D eigenvalue weighted by molar-refractivity contribution is 5.65. The van der Waals surface area contributed by atoms with Crippen LogP contribution in [-0.2, 0) is 6.18 Å². The van der Waals surface area contributed by atoms with E-state index in [0.717, 1.165) is 25.3 Å². The molecule has 0 bridgehead atoms. The minimum atomic E-state index is -4.84. The van der Waals surface area contributed by atoms with Crippen LogP contribution < -0.4 is 9.47 Å². The topological polar surface area (TPSA) is 31.4 Å². The number of halogens is 6. The fourth-order valence-electron chi connectivity index (χ4n) is 1.77. The Hall–Kier alpha value is -2.45. The standard InChI is InChI=1S/C14H9F6NO2/c1-22-12-7-9(6-11(21-12)13(15,16)17)8-2-4-10(5-3-8)23-14(18,19)20/h2-7H,1H3. The Morgan fingerprint density at radius 1 is 0.870 bits per heavy atom. The van der Waals surface area contributed by atoms with Gasteiger partial charge in [-0.1, -0.05) is 12.1 Å². The molecular formula is C14H9F6NO2. The second-order valence-corrected chi connectivity index (χ2v) is 4.35. The number of benzene rings is 1. The van der Waals surface area contributed by atoms with Crippen molar-refractivity contribution in [2.45, 2.75) is 12.5 Å². The minimum absolute atomic E-state index is 0.0998. The van der Waals surface area contributed by atoms with E-state index in [2.05, 4.69) is 9.72 Å². The number of ether oxygens (including phenoxy) is 2. The molecule has 0 amide bonds. The largest absolute Gasteiger partial charge is 0.573 e. The van der Waals surface area contributed by atoms with Crippen LogP contribution in [0.15, 0.2) is 36.4 Å². The number of nitrogens with zero attached hydrogens (tertiary/aromatic N) is 1. The first kappa shape index (κ1) is 16.9. The van der Waals surface area contributed by atoms with E-state index in [4.69, 9.17) is 4.74 Å². The SMILES string of the molecule is COc1cc(-c2ccc(OC(F)(F)F)cc2)cc(C(F)(F)F)n1.